The third-order valence-electron chi connectivity index (χ3n) is 5.64. The molecule has 5 atom stereocenters. The largest absolute Gasteiger partial charge is 0.340 e. The predicted octanol–water partition coefficient (Wildman–Crippen LogP) is 2.01. The zero-order valence-corrected chi connectivity index (χ0v) is 11.5. The number of nitrogens with two attached hydrogens (primary N) is 1. The Kier molecular flexibility index (Phi) is 3.35. The molecule has 18 heavy (non-hydrogen) atoms. The van der Waals surface area contributed by atoms with E-state index in [1.807, 2.05) is 0 Å². The maximum Gasteiger partial charge on any atom is 0.223 e. The summed E-state index contributed by atoms with van der Waals surface area (Å²) in [6.45, 7) is 3.80. The molecule has 1 amide bonds. The second kappa shape index (κ2) is 4.84. The van der Waals surface area contributed by atoms with E-state index in [-0.39, 0.29) is 0 Å². The molecule has 1 aliphatic heterocycles. The monoisotopic (exact) mass is 250 g/mol. The first-order valence-electron chi connectivity index (χ1n) is 7.67. The Morgan fingerprint density at radius 3 is 2.67 bits per heavy atom. The minimum Gasteiger partial charge on any atom is -0.340 e. The van der Waals surface area contributed by atoms with E-state index in [0.717, 1.165) is 37.8 Å². The number of likely N-dealkylation sites (tertiary alicyclic amines) is 1. The first-order valence-corrected chi connectivity index (χ1v) is 7.67. The number of carbonyl (C=O) groups is 1. The Morgan fingerprint density at radius 2 is 2.11 bits per heavy atom. The third kappa shape index (κ3) is 2.18. The third-order valence-corrected chi connectivity index (χ3v) is 5.64. The molecule has 3 fully saturated rings. The van der Waals surface area contributed by atoms with Crippen molar-refractivity contribution >= 4 is 5.91 Å². The van der Waals surface area contributed by atoms with Crippen LogP contribution in [0.5, 0.6) is 0 Å². The maximum atomic E-state index is 12.4. The Morgan fingerprint density at radius 1 is 1.28 bits per heavy atom. The Hall–Kier alpha value is -0.570. The smallest absolute Gasteiger partial charge is 0.223 e. The molecule has 3 nitrogen and oxygen atoms in total. The second-order valence-electron chi connectivity index (χ2n) is 6.87. The van der Waals surface area contributed by atoms with Gasteiger partial charge in [-0.25, -0.2) is 0 Å². The average Bonchev–Trinajstić information content (AvgIpc) is 3.03. The van der Waals surface area contributed by atoms with Crippen molar-refractivity contribution in [2.24, 2.45) is 29.4 Å². The van der Waals surface area contributed by atoms with Crippen molar-refractivity contribution in [1.29, 1.82) is 0 Å². The fraction of sp³-hybridized carbons (Fsp3) is 0.933. The first kappa shape index (κ1) is 12.5. The second-order valence-corrected chi connectivity index (χ2v) is 6.87. The number of hydrogen-bond donors (Lipinski definition) is 1. The molecule has 3 rings (SSSR count). The van der Waals surface area contributed by atoms with Crippen LogP contribution >= 0.6 is 0 Å². The summed E-state index contributed by atoms with van der Waals surface area (Å²) >= 11 is 0. The van der Waals surface area contributed by atoms with Crippen LogP contribution in [0.25, 0.3) is 0 Å². The van der Waals surface area contributed by atoms with Crippen molar-refractivity contribution in [3.05, 3.63) is 0 Å². The number of nitrogens with zero attached hydrogens (tertiary/aromatic N) is 1. The highest BCUT2D eigenvalue weighted by molar-refractivity contribution is 5.77. The summed E-state index contributed by atoms with van der Waals surface area (Å²) < 4.78 is 0. The zero-order valence-electron chi connectivity index (χ0n) is 11.5. The molecule has 0 aromatic rings. The lowest BCUT2D eigenvalue weighted by atomic mass is 9.86. The van der Waals surface area contributed by atoms with Crippen LogP contribution in [0, 0.1) is 23.7 Å². The van der Waals surface area contributed by atoms with Crippen LogP contribution in [0.3, 0.4) is 0 Å². The quantitative estimate of drug-likeness (QED) is 0.833. The van der Waals surface area contributed by atoms with Gasteiger partial charge in [0.25, 0.3) is 0 Å². The highest BCUT2D eigenvalue weighted by Gasteiger charge is 2.41. The van der Waals surface area contributed by atoms with E-state index >= 15 is 0 Å². The van der Waals surface area contributed by atoms with Crippen molar-refractivity contribution < 1.29 is 4.79 Å². The fourth-order valence-corrected chi connectivity index (χ4v) is 4.63. The van der Waals surface area contributed by atoms with Gasteiger partial charge in [-0.2, -0.15) is 0 Å². The van der Waals surface area contributed by atoms with Crippen LogP contribution < -0.4 is 5.73 Å². The van der Waals surface area contributed by atoms with Crippen molar-refractivity contribution in [3.8, 4) is 0 Å². The lowest BCUT2D eigenvalue weighted by molar-refractivity contribution is -0.133. The van der Waals surface area contributed by atoms with Gasteiger partial charge in [0.1, 0.15) is 0 Å². The lowest BCUT2D eigenvalue weighted by Gasteiger charge is -2.26. The number of hydrogen-bond acceptors (Lipinski definition) is 2. The highest BCUT2D eigenvalue weighted by atomic mass is 16.2. The van der Waals surface area contributed by atoms with Crippen molar-refractivity contribution in [3.63, 3.8) is 0 Å². The SMILES string of the molecule is CC1CC(CN)CN1C(=O)CC1CC2CCC1C2. The summed E-state index contributed by atoms with van der Waals surface area (Å²) in [5.74, 6) is 3.43. The minimum atomic E-state index is 0.399. The minimum absolute atomic E-state index is 0.399. The molecule has 2 bridgehead atoms. The van der Waals surface area contributed by atoms with E-state index in [2.05, 4.69) is 11.8 Å². The summed E-state index contributed by atoms with van der Waals surface area (Å²) in [6.07, 6.45) is 7.42. The van der Waals surface area contributed by atoms with Crippen molar-refractivity contribution in [1.82, 2.24) is 4.90 Å². The topological polar surface area (TPSA) is 46.3 Å². The van der Waals surface area contributed by atoms with Crippen molar-refractivity contribution in [2.75, 3.05) is 13.1 Å². The molecule has 0 radical (unpaired) electrons. The fourth-order valence-electron chi connectivity index (χ4n) is 4.63. The molecule has 5 unspecified atom stereocenters. The predicted molar refractivity (Wildman–Crippen MR) is 71.9 cm³/mol. The summed E-state index contributed by atoms with van der Waals surface area (Å²) in [5.41, 5.74) is 5.73. The summed E-state index contributed by atoms with van der Waals surface area (Å²) in [5, 5.41) is 0. The van der Waals surface area contributed by atoms with Gasteiger partial charge in [-0.05, 0) is 62.8 Å². The van der Waals surface area contributed by atoms with Gasteiger partial charge in [0.05, 0.1) is 0 Å². The van der Waals surface area contributed by atoms with Crippen LogP contribution in [0.1, 0.15) is 45.4 Å². The van der Waals surface area contributed by atoms with Crippen LogP contribution in [0.4, 0.5) is 0 Å². The molecular weight excluding hydrogens is 224 g/mol. The molecule has 2 N–H and O–H groups in total. The van der Waals surface area contributed by atoms with E-state index in [0.29, 0.717) is 23.8 Å². The molecule has 3 aliphatic rings. The van der Waals surface area contributed by atoms with E-state index in [9.17, 15) is 4.79 Å². The van der Waals surface area contributed by atoms with Gasteiger partial charge in [-0.15, -0.1) is 0 Å². The number of amides is 1. The molecule has 2 saturated carbocycles. The summed E-state index contributed by atoms with van der Waals surface area (Å²) in [4.78, 5) is 14.5. The van der Waals surface area contributed by atoms with Gasteiger partial charge < -0.3 is 10.6 Å². The molecule has 0 spiro atoms. The summed E-state index contributed by atoms with van der Waals surface area (Å²) in [7, 11) is 0. The van der Waals surface area contributed by atoms with Crippen LogP contribution in [0.2, 0.25) is 0 Å². The van der Waals surface area contributed by atoms with Gasteiger partial charge in [0.15, 0.2) is 0 Å². The normalized spacial score (nSPS) is 42.8. The van der Waals surface area contributed by atoms with E-state index in [1.165, 1.54) is 25.7 Å². The number of rotatable bonds is 3. The molecular formula is C15H26N2O. The first-order chi connectivity index (χ1) is 8.67. The van der Waals surface area contributed by atoms with Gasteiger partial charge in [-0.1, -0.05) is 6.42 Å². The molecule has 1 heterocycles. The molecule has 0 aromatic heterocycles. The highest BCUT2D eigenvalue weighted by Crippen LogP contribution is 2.49. The van der Waals surface area contributed by atoms with E-state index in [1.54, 1.807) is 0 Å². The molecule has 0 aromatic carbocycles. The van der Waals surface area contributed by atoms with Gasteiger partial charge in [0.2, 0.25) is 5.91 Å². The van der Waals surface area contributed by atoms with E-state index < -0.39 is 0 Å². The number of fused-ring (bicyclic) bond motifs is 2. The average molecular weight is 250 g/mol. The van der Waals surface area contributed by atoms with Gasteiger partial charge in [0, 0.05) is 19.0 Å². The van der Waals surface area contributed by atoms with Crippen LogP contribution in [-0.4, -0.2) is 29.9 Å². The Labute approximate surface area is 110 Å². The van der Waals surface area contributed by atoms with E-state index in [4.69, 9.17) is 5.73 Å². The zero-order chi connectivity index (χ0) is 12.7. The number of carbonyl (C=O) groups excluding carboxylic acids is 1. The van der Waals surface area contributed by atoms with Gasteiger partial charge in [-0.3, -0.25) is 4.79 Å². The summed E-state index contributed by atoms with van der Waals surface area (Å²) in [6, 6.07) is 0.407. The molecule has 102 valence electrons. The molecule has 3 heteroatoms. The Bertz CT molecular complexity index is 330. The van der Waals surface area contributed by atoms with Crippen LogP contribution in [0.15, 0.2) is 0 Å². The maximum absolute atomic E-state index is 12.4. The lowest BCUT2D eigenvalue weighted by Crippen LogP contribution is -2.36. The molecule has 2 aliphatic carbocycles. The standard InChI is InChI=1S/C15H26N2O/c1-10-4-12(8-16)9-17(10)15(18)7-14-6-11-2-3-13(14)5-11/h10-14H,2-9,16H2,1H3. The van der Waals surface area contributed by atoms with Gasteiger partial charge >= 0.3 is 0 Å². The van der Waals surface area contributed by atoms with Crippen molar-refractivity contribution in [2.45, 2.75) is 51.5 Å². The van der Waals surface area contributed by atoms with Crippen LogP contribution in [-0.2, 0) is 4.79 Å². The Balaban J connectivity index is 1.55. The molecule has 1 saturated heterocycles.